The maximum Gasteiger partial charge on any atom is 0.211 e. The van der Waals surface area contributed by atoms with Gasteiger partial charge in [0.05, 0.1) is 0 Å². The molecule has 1 amide bonds. The van der Waals surface area contributed by atoms with Crippen LogP contribution in [-0.2, 0) is 11.2 Å². The number of hydrogen-bond donors (Lipinski definition) is 1. The first-order valence-electron chi connectivity index (χ1n) is 5.64. The number of benzene rings is 2. The molecule has 86 valence electrons. The Morgan fingerprint density at radius 3 is 2.53 bits per heavy atom. The van der Waals surface area contributed by atoms with Crippen LogP contribution in [0.2, 0.25) is 0 Å². The molecule has 0 atom stereocenters. The quantitative estimate of drug-likeness (QED) is 0.796. The number of aryl methyl sites for hydroxylation is 1. The molecule has 0 heterocycles. The highest BCUT2D eigenvalue weighted by atomic mass is 16.1. The molecule has 0 spiro atoms. The first-order valence-corrected chi connectivity index (χ1v) is 5.64. The minimum absolute atomic E-state index is 0.733. The molecule has 1 N–H and O–H groups in total. The van der Waals surface area contributed by atoms with Crippen LogP contribution < -0.4 is 5.32 Å². The van der Waals surface area contributed by atoms with Crippen molar-refractivity contribution in [3.63, 3.8) is 0 Å². The summed E-state index contributed by atoms with van der Waals surface area (Å²) in [6.07, 6.45) is 1.56. The third kappa shape index (κ3) is 2.72. The van der Waals surface area contributed by atoms with Crippen LogP contribution in [0.25, 0.3) is 0 Å². The molecule has 2 rings (SSSR count). The summed E-state index contributed by atoms with van der Waals surface area (Å²) >= 11 is 0. The Morgan fingerprint density at radius 1 is 1.06 bits per heavy atom. The molecule has 0 radical (unpaired) electrons. The van der Waals surface area contributed by atoms with Crippen LogP contribution in [0.4, 0.5) is 5.69 Å². The van der Waals surface area contributed by atoms with Gasteiger partial charge in [-0.3, -0.25) is 4.79 Å². The van der Waals surface area contributed by atoms with Crippen molar-refractivity contribution in [3.8, 4) is 0 Å². The van der Waals surface area contributed by atoms with Gasteiger partial charge < -0.3 is 5.32 Å². The number of amides is 1. The van der Waals surface area contributed by atoms with Crippen LogP contribution in [0.15, 0.2) is 48.5 Å². The molecule has 17 heavy (non-hydrogen) atoms. The molecule has 2 aromatic carbocycles. The smallest absolute Gasteiger partial charge is 0.211 e. The first-order chi connectivity index (χ1) is 8.31. The molecule has 2 aromatic rings. The predicted molar refractivity (Wildman–Crippen MR) is 70.1 cm³/mol. The van der Waals surface area contributed by atoms with Crippen molar-refractivity contribution in [2.24, 2.45) is 0 Å². The van der Waals surface area contributed by atoms with E-state index in [0.29, 0.717) is 0 Å². The lowest BCUT2D eigenvalue weighted by atomic mass is 10.0. The summed E-state index contributed by atoms with van der Waals surface area (Å²) in [5.41, 5.74) is 4.40. The van der Waals surface area contributed by atoms with E-state index in [0.717, 1.165) is 29.6 Å². The first kappa shape index (κ1) is 11.4. The zero-order chi connectivity index (χ0) is 12.1. The third-order valence-corrected chi connectivity index (χ3v) is 2.80. The number of anilines is 1. The Hall–Kier alpha value is -2.09. The molecule has 0 aromatic heterocycles. The Morgan fingerprint density at radius 2 is 1.82 bits per heavy atom. The molecule has 0 unspecified atom stereocenters. The molecule has 0 bridgehead atoms. The van der Waals surface area contributed by atoms with Gasteiger partial charge in [-0.05, 0) is 30.0 Å². The molecule has 0 aliphatic carbocycles. The molecular formula is C15H15NO. The Kier molecular flexibility index (Phi) is 3.55. The summed E-state index contributed by atoms with van der Waals surface area (Å²) in [7, 11) is 0. The monoisotopic (exact) mass is 225 g/mol. The summed E-state index contributed by atoms with van der Waals surface area (Å²) in [4.78, 5) is 10.6. The summed E-state index contributed by atoms with van der Waals surface area (Å²) in [6.45, 7) is 2.00. The van der Waals surface area contributed by atoms with Crippen molar-refractivity contribution in [1.29, 1.82) is 0 Å². The van der Waals surface area contributed by atoms with E-state index in [9.17, 15) is 4.79 Å². The third-order valence-electron chi connectivity index (χ3n) is 2.80. The number of carbonyl (C=O) groups is 1. The van der Waals surface area contributed by atoms with E-state index in [1.807, 2.05) is 43.3 Å². The van der Waals surface area contributed by atoms with Gasteiger partial charge in [-0.15, -0.1) is 0 Å². The van der Waals surface area contributed by atoms with Gasteiger partial charge in [0.15, 0.2) is 0 Å². The second-order valence-electron chi connectivity index (χ2n) is 4.03. The van der Waals surface area contributed by atoms with Crippen molar-refractivity contribution < 1.29 is 4.79 Å². The average molecular weight is 225 g/mol. The second kappa shape index (κ2) is 5.30. The van der Waals surface area contributed by atoms with Gasteiger partial charge in [-0.25, -0.2) is 0 Å². The van der Waals surface area contributed by atoms with Crippen molar-refractivity contribution in [2.45, 2.75) is 13.3 Å². The highest BCUT2D eigenvalue weighted by Gasteiger charge is 2.05. The van der Waals surface area contributed by atoms with Gasteiger partial charge in [0.1, 0.15) is 0 Å². The topological polar surface area (TPSA) is 29.1 Å². The molecule has 0 aliphatic rings. The van der Waals surface area contributed by atoms with E-state index in [1.54, 1.807) is 0 Å². The number of carbonyl (C=O) groups excluding carboxylic acids is 1. The fourth-order valence-corrected chi connectivity index (χ4v) is 1.96. The number of para-hydroxylation sites is 1. The van der Waals surface area contributed by atoms with Crippen LogP contribution in [0.5, 0.6) is 0 Å². The van der Waals surface area contributed by atoms with E-state index in [2.05, 4.69) is 17.4 Å². The molecule has 0 aliphatic heterocycles. The lowest BCUT2D eigenvalue weighted by Crippen LogP contribution is -2.02. The van der Waals surface area contributed by atoms with E-state index >= 15 is 0 Å². The minimum atomic E-state index is 0.733. The normalized spacial score (nSPS) is 9.94. The summed E-state index contributed by atoms with van der Waals surface area (Å²) in [5, 5.41) is 2.78. The SMILES string of the molecule is Cc1cccc(Cc2ccccc2)c1NC=O. The van der Waals surface area contributed by atoms with Gasteiger partial charge in [0, 0.05) is 5.69 Å². The summed E-state index contributed by atoms with van der Waals surface area (Å²) in [6, 6.07) is 16.3. The maximum atomic E-state index is 10.6. The van der Waals surface area contributed by atoms with Crippen LogP contribution >= 0.6 is 0 Å². The fourth-order valence-electron chi connectivity index (χ4n) is 1.96. The highest BCUT2D eigenvalue weighted by Crippen LogP contribution is 2.22. The lowest BCUT2D eigenvalue weighted by molar-refractivity contribution is -0.105. The van der Waals surface area contributed by atoms with E-state index in [1.165, 1.54) is 5.56 Å². The summed E-state index contributed by atoms with van der Waals surface area (Å²) in [5.74, 6) is 0. The van der Waals surface area contributed by atoms with Crippen molar-refractivity contribution in [3.05, 3.63) is 65.2 Å². The number of rotatable bonds is 4. The van der Waals surface area contributed by atoms with Gasteiger partial charge in [0.25, 0.3) is 0 Å². The Labute approximate surface area is 101 Å². The van der Waals surface area contributed by atoms with E-state index in [4.69, 9.17) is 0 Å². The van der Waals surface area contributed by atoms with Gasteiger partial charge in [-0.1, -0.05) is 48.5 Å². The molecule has 2 heteroatoms. The van der Waals surface area contributed by atoms with Crippen molar-refractivity contribution >= 4 is 12.1 Å². The molecule has 0 fully saturated rings. The van der Waals surface area contributed by atoms with E-state index < -0.39 is 0 Å². The maximum absolute atomic E-state index is 10.6. The van der Waals surface area contributed by atoms with Crippen LogP contribution in [0.3, 0.4) is 0 Å². The van der Waals surface area contributed by atoms with Crippen molar-refractivity contribution in [2.75, 3.05) is 5.32 Å². The zero-order valence-corrected chi connectivity index (χ0v) is 9.81. The van der Waals surface area contributed by atoms with E-state index in [-0.39, 0.29) is 0 Å². The Bertz CT molecular complexity index is 506. The van der Waals surface area contributed by atoms with Gasteiger partial charge >= 0.3 is 0 Å². The largest absolute Gasteiger partial charge is 0.328 e. The van der Waals surface area contributed by atoms with Gasteiger partial charge in [-0.2, -0.15) is 0 Å². The molecule has 2 nitrogen and oxygen atoms in total. The minimum Gasteiger partial charge on any atom is -0.328 e. The second-order valence-corrected chi connectivity index (χ2v) is 4.03. The van der Waals surface area contributed by atoms with Crippen molar-refractivity contribution in [1.82, 2.24) is 0 Å². The average Bonchev–Trinajstić information content (AvgIpc) is 2.35. The summed E-state index contributed by atoms with van der Waals surface area (Å²) < 4.78 is 0. The molecule has 0 saturated carbocycles. The predicted octanol–water partition coefficient (Wildman–Crippen LogP) is 3.15. The highest BCUT2D eigenvalue weighted by molar-refractivity contribution is 5.76. The van der Waals surface area contributed by atoms with Crippen LogP contribution in [0, 0.1) is 6.92 Å². The molecule has 0 saturated heterocycles. The number of hydrogen-bond acceptors (Lipinski definition) is 1. The number of nitrogens with one attached hydrogen (secondary N) is 1. The standard InChI is InChI=1S/C15H15NO/c1-12-6-5-9-14(15(12)16-11-17)10-13-7-3-2-4-8-13/h2-9,11H,10H2,1H3,(H,16,17). The van der Waals surface area contributed by atoms with Crippen LogP contribution in [-0.4, -0.2) is 6.41 Å². The Balaban J connectivity index is 2.32. The van der Waals surface area contributed by atoms with Gasteiger partial charge in [0.2, 0.25) is 6.41 Å². The zero-order valence-electron chi connectivity index (χ0n) is 9.81. The van der Waals surface area contributed by atoms with Crippen LogP contribution in [0.1, 0.15) is 16.7 Å². The fraction of sp³-hybridized carbons (Fsp3) is 0.133. The molecular weight excluding hydrogens is 210 g/mol. The lowest BCUT2D eigenvalue weighted by Gasteiger charge is -2.11.